The molecule has 0 aliphatic carbocycles. The maximum atomic E-state index is 12.8. The second kappa shape index (κ2) is 13.7. The van der Waals surface area contributed by atoms with Gasteiger partial charge in [-0.05, 0) is 13.8 Å². The number of esters is 2. The van der Waals surface area contributed by atoms with Crippen LogP contribution in [0.15, 0.2) is 25.3 Å². The van der Waals surface area contributed by atoms with Crippen LogP contribution in [0.25, 0.3) is 0 Å². The Hall–Kier alpha value is -2.80. The minimum absolute atomic E-state index is 0.0192. The second-order valence-electron chi connectivity index (χ2n) is 7.57. The number of imide groups is 1. The van der Waals surface area contributed by atoms with E-state index in [4.69, 9.17) is 18.9 Å². The van der Waals surface area contributed by atoms with Gasteiger partial charge in [-0.1, -0.05) is 13.2 Å². The topological polar surface area (TPSA) is 152 Å². The molecule has 1 aliphatic rings. The van der Waals surface area contributed by atoms with Crippen molar-refractivity contribution in [1.29, 1.82) is 0 Å². The molecule has 0 radical (unpaired) electrons. The molecule has 0 bridgehead atoms. The first-order valence-corrected chi connectivity index (χ1v) is 10.3. The molecule has 1 aliphatic heterocycles. The molecule has 3 amide bonds. The van der Waals surface area contributed by atoms with Crippen molar-refractivity contribution in [3.05, 3.63) is 25.3 Å². The first kappa shape index (κ1) is 28.2. The van der Waals surface area contributed by atoms with E-state index in [1.54, 1.807) is 0 Å². The van der Waals surface area contributed by atoms with E-state index >= 15 is 0 Å². The van der Waals surface area contributed by atoms with Crippen molar-refractivity contribution in [2.75, 3.05) is 52.7 Å². The van der Waals surface area contributed by atoms with Crippen LogP contribution in [0.3, 0.4) is 0 Å². The number of carbonyl (C=O) groups excluding carboxylic acids is 4. The fourth-order valence-corrected chi connectivity index (χ4v) is 2.87. The van der Waals surface area contributed by atoms with Gasteiger partial charge in [0.1, 0.15) is 18.8 Å². The smallest absolute Gasteiger partial charge is 0.330 e. The number of hydrogen-bond donors (Lipinski definition) is 2. The number of urea groups is 1. The third-order valence-electron chi connectivity index (χ3n) is 4.59. The van der Waals surface area contributed by atoms with Crippen LogP contribution >= 0.6 is 0 Å². The highest BCUT2D eigenvalue weighted by Gasteiger charge is 2.51. The average molecular weight is 472 g/mol. The molecule has 1 saturated heterocycles. The Morgan fingerprint density at radius 2 is 1.36 bits per heavy atom. The summed E-state index contributed by atoms with van der Waals surface area (Å²) in [5, 5.41) is 20.3. The van der Waals surface area contributed by atoms with Crippen LogP contribution in [0.1, 0.15) is 13.8 Å². The number of carbonyl (C=O) groups is 4. The minimum Gasteiger partial charge on any atom is -0.460 e. The van der Waals surface area contributed by atoms with Gasteiger partial charge < -0.3 is 34.1 Å². The lowest BCUT2D eigenvalue weighted by Gasteiger charge is -2.29. The van der Waals surface area contributed by atoms with Crippen molar-refractivity contribution in [1.82, 2.24) is 9.80 Å². The molecular formula is C21H32N2O10. The number of nitrogens with zero attached hydrogens (tertiary/aromatic N) is 2. The second-order valence-corrected chi connectivity index (χ2v) is 7.57. The third-order valence-corrected chi connectivity index (χ3v) is 4.59. The molecule has 1 rings (SSSR count). The van der Waals surface area contributed by atoms with E-state index in [-0.39, 0.29) is 52.7 Å². The quantitative estimate of drug-likeness (QED) is 0.127. The molecule has 0 spiro atoms. The summed E-state index contributed by atoms with van der Waals surface area (Å²) in [5.74, 6) is -1.72. The lowest BCUT2D eigenvalue weighted by molar-refractivity contribution is -0.140. The van der Waals surface area contributed by atoms with Gasteiger partial charge in [0.2, 0.25) is 0 Å². The van der Waals surface area contributed by atoms with Crippen LogP contribution in [-0.2, 0) is 33.3 Å². The monoisotopic (exact) mass is 472 g/mol. The van der Waals surface area contributed by atoms with Crippen molar-refractivity contribution in [3.63, 3.8) is 0 Å². The van der Waals surface area contributed by atoms with E-state index in [1.807, 2.05) is 0 Å². The molecule has 0 aromatic heterocycles. The number of ether oxygens (including phenoxy) is 4. The van der Waals surface area contributed by atoms with Crippen LogP contribution in [0.5, 0.6) is 0 Å². The normalized spacial score (nSPS) is 17.0. The van der Waals surface area contributed by atoms with E-state index in [2.05, 4.69) is 13.2 Å². The van der Waals surface area contributed by atoms with E-state index in [1.165, 1.54) is 18.7 Å². The molecule has 1 fully saturated rings. The fourth-order valence-electron chi connectivity index (χ4n) is 2.87. The Bertz CT molecular complexity index is 724. The fraction of sp³-hybridized carbons (Fsp3) is 0.619. The number of aliphatic hydroxyl groups is 2. The van der Waals surface area contributed by atoms with Crippen LogP contribution in [0.4, 0.5) is 4.79 Å². The minimum atomic E-state index is -1.24. The summed E-state index contributed by atoms with van der Waals surface area (Å²) in [7, 11) is 0. The maximum Gasteiger partial charge on any atom is 0.330 e. The van der Waals surface area contributed by atoms with Gasteiger partial charge in [-0.2, -0.15) is 0 Å². The van der Waals surface area contributed by atoms with Gasteiger partial charge in [-0.15, -0.1) is 0 Å². The maximum absolute atomic E-state index is 12.8. The summed E-state index contributed by atoms with van der Waals surface area (Å²) in [6.07, 6.45) is -0.225. The molecule has 33 heavy (non-hydrogen) atoms. The zero-order valence-electron chi connectivity index (χ0n) is 18.9. The van der Waals surface area contributed by atoms with Gasteiger partial charge in [0.15, 0.2) is 0 Å². The van der Waals surface area contributed by atoms with Crippen LogP contribution in [0.2, 0.25) is 0 Å². The van der Waals surface area contributed by atoms with Crippen molar-refractivity contribution in [2.24, 2.45) is 0 Å². The largest absolute Gasteiger partial charge is 0.460 e. The van der Waals surface area contributed by atoms with E-state index in [9.17, 15) is 29.4 Å². The van der Waals surface area contributed by atoms with Crippen molar-refractivity contribution >= 4 is 23.9 Å². The third kappa shape index (κ3) is 8.92. The zero-order chi connectivity index (χ0) is 25.0. The molecule has 186 valence electrons. The van der Waals surface area contributed by atoms with Gasteiger partial charge >= 0.3 is 18.0 Å². The Morgan fingerprint density at radius 1 is 0.909 bits per heavy atom. The first-order chi connectivity index (χ1) is 15.5. The standard InChI is InChI=1S/C21H32N2O10/c1-5-17(26)32-9-7-30-13-15(24)11-22-19(28)21(3,4)23(20(22)29)12-16(25)14-31-8-10-33-18(27)6-2/h5-6,15-16,24-25H,1-2,7-14H2,3-4H3. The molecule has 0 aromatic carbocycles. The summed E-state index contributed by atoms with van der Waals surface area (Å²) < 4.78 is 19.9. The van der Waals surface area contributed by atoms with Gasteiger partial charge in [0.05, 0.1) is 51.7 Å². The summed E-state index contributed by atoms with van der Waals surface area (Å²) in [6, 6.07) is -0.664. The molecule has 12 heteroatoms. The number of aliphatic hydroxyl groups excluding tert-OH is 2. The Labute approximate surface area is 192 Å². The lowest BCUT2D eigenvalue weighted by atomic mass is 10.0. The Morgan fingerprint density at radius 3 is 1.82 bits per heavy atom. The van der Waals surface area contributed by atoms with E-state index < -0.39 is 41.6 Å². The molecule has 2 atom stereocenters. The van der Waals surface area contributed by atoms with Gasteiger partial charge in [-0.25, -0.2) is 14.4 Å². The van der Waals surface area contributed by atoms with Crippen LogP contribution in [-0.4, -0.2) is 114 Å². The van der Waals surface area contributed by atoms with Gasteiger partial charge in [0.25, 0.3) is 5.91 Å². The van der Waals surface area contributed by atoms with Crippen LogP contribution < -0.4 is 0 Å². The zero-order valence-corrected chi connectivity index (χ0v) is 18.9. The first-order valence-electron chi connectivity index (χ1n) is 10.3. The number of amides is 3. The van der Waals surface area contributed by atoms with Gasteiger partial charge in [0, 0.05) is 12.2 Å². The number of rotatable bonds is 16. The van der Waals surface area contributed by atoms with Crippen molar-refractivity contribution < 1.29 is 48.3 Å². The van der Waals surface area contributed by atoms with Gasteiger partial charge in [-0.3, -0.25) is 9.69 Å². The number of hydrogen-bond acceptors (Lipinski definition) is 10. The van der Waals surface area contributed by atoms with Crippen LogP contribution in [0, 0.1) is 0 Å². The molecule has 12 nitrogen and oxygen atoms in total. The lowest BCUT2D eigenvalue weighted by Crippen LogP contribution is -2.48. The number of β-amino-alcohol motifs (C(OH)–C–C–N with tert-alkyl or cyclic N) is 2. The molecule has 0 aromatic rings. The highest BCUT2D eigenvalue weighted by molar-refractivity contribution is 6.06. The SMILES string of the molecule is C=CC(=O)OCCOCC(O)CN1C(=O)N(CC(O)COCCOC(=O)C=C)C(C)(C)C1=O. The predicted molar refractivity (Wildman–Crippen MR) is 114 cm³/mol. The molecule has 2 N–H and O–H groups in total. The molecule has 0 saturated carbocycles. The van der Waals surface area contributed by atoms with Crippen molar-refractivity contribution in [3.8, 4) is 0 Å². The summed E-state index contributed by atoms with van der Waals surface area (Å²) in [5.41, 5.74) is -1.24. The average Bonchev–Trinajstić information content (AvgIpc) is 2.93. The Kier molecular flexibility index (Phi) is 11.7. The summed E-state index contributed by atoms with van der Waals surface area (Å²) in [6.45, 7) is 8.79. The Balaban J connectivity index is 2.48. The highest BCUT2D eigenvalue weighted by Crippen LogP contribution is 2.28. The molecular weight excluding hydrogens is 440 g/mol. The highest BCUT2D eigenvalue weighted by atomic mass is 16.6. The van der Waals surface area contributed by atoms with Crippen molar-refractivity contribution in [2.45, 2.75) is 31.6 Å². The summed E-state index contributed by atoms with van der Waals surface area (Å²) in [4.78, 5) is 49.4. The molecule has 1 heterocycles. The molecule has 2 unspecified atom stereocenters. The van der Waals surface area contributed by atoms with E-state index in [0.717, 1.165) is 17.1 Å². The summed E-state index contributed by atoms with van der Waals surface area (Å²) >= 11 is 0. The van der Waals surface area contributed by atoms with E-state index in [0.29, 0.717) is 0 Å². The predicted octanol–water partition coefficient (Wildman–Crippen LogP) is -0.757.